The van der Waals surface area contributed by atoms with Crippen molar-refractivity contribution in [2.24, 2.45) is 0 Å². The van der Waals surface area contributed by atoms with Crippen LogP contribution in [0.25, 0.3) is 0 Å². The fourth-order valence-corrected chi connectivity index (χ4v) is 2.57. The summed E-state index contributed by atoms with van der Waals surface area (Å²) >= 11 is 6.66. The van der Waals surface area contributed by atoms with Gasteiger partial charge in [-0.25, -0.2) is 0 Å². The van der Waals surface area contributed by atoms with Gasteiger partial charge >= 0.3 is 0 Å². The predicted octanol–water partition coefficient (Wildman–Crippen LogP) is 3.16. The van der Waals surface area contributed by atoms with Crippen molar-refractivity contribution in [1.82, 2.24) is 0 Å². The summed E-state index contributed by atoms with van der Waals surface area (Å²) in [5.74, 6) is -0.215. The average molecular weight is 366 g/mol. The predicted molar refractivity (Wildman–Crippen MR) is 76.0 cm³/mol. The quantitative estimate of drug-likeness (QED) is 0.622. The van der Waals surface area contributed by atoms with Gasteiger partial charge in [0, 0.05) is 15.6 Å². The number of nitrogen functional groups attached to an aromatic ring is 1. The maximum absolute atomic E-state index is 11.6. The van der Waals surface area contributed by atoms with Crippen molar-refractivity contribution in [2.45, 2.75) is 13.3 Å². The lowest BCUT2D eigenvalue weighted by molar-refractivity contribution is -0.120. The van der Waals surface area contributed by atoms with E-state index < -0.39 is 0 Å². The van der Waals surface area contributed by atoms with Crippen molar-refractivity contribution in [1.29, 1.82) is 0 Å². The first-order valence-electron chi connectivity index (χ1n) is 5.16. The van der Waals surface area contributed by atoms with Gasteiger partial charge in [0.25, 0.3) is 0 Å². The van der Waals surface area contributed by atoms with Gasteiger partial charge in [0.1, 0.15) is 6.61 Å². The van der Waals surface area contributed by atoms with Gasteiger partial charge in [-0.2, -0.15) is 0 Å². The minimum atomic E-state index is -0.215. The summed E-state index contributed by atoms with van der Waals surface area (Å²) in [6.07, 6.45) is 0.886. The maximum atomic E-state index is 11.6. The SMILES string of the molecule is CCCOCC(=O)Nc1c(N)cc(Br)cc1Br. The Morgan fingerprint density at radius 2 is 2.18 bits per heavy atom. The Morgan fingerprint density at radius 3 is 2.76 bits per heavy atom. The van der Waals surface area contributed by atoms with Gasteiger partial charge in [-0.05, 0) is 34.5 Å². The number of anilines is 2. The minimum absolute atomic E-state index is 0.0375. The number of rotatable bonds is 5. The van der Waals surface area contributed by atoms with Crippen LogP contribution in [0.5, 0.6) is 0 Å². The highest BCUT2D eigenvalue weighted by molar-refractivity contribution is 9.11. The number of benzene rings is 1. The van der Waals surface area contributed by atoms with Crippen LogP contribution in [-0.4, -0.2) is 19.1 Å². The van der Waals surface area contributed by atoms with E-state index in [1.54, 1.807) is 6.07 Å². The molecule has 94 valence electrons. The normalized spacial score (nSPS) is 10.3. The molecule has 0 bridgehead atoms. The molecule has 0 heterocycles. The molecule has 0 aliphatic heterocycles. The van der Waals surface area contributed by atoms with Crippen LogP contribution in [0.2, 0.25) is 0 Å². The van der Waals surface area contributed by atoms with E-state index in [-0.39, 0.29) is 12.5 Å². The molecule has 0 saturated heterocycles. The molecule has 0 saturated carbocycles. The van der Waals surface area contributed by atoms with Crippen molar-refractivity contribution in [3.8, 4) is 0 Å². The Hall–Kier alpha value is -0.590. The number of carbonyl (C=O) groups excluding carboxylic acids is 1. The number of hydrogen-bond donors (Lipinski definition) is 2. The molecule has 1 aromatic rings. The van der Waals surface area contributed by atoms with Gasteiger partial charge in [0.2, 0.25) is 5.91 Å². The summed E-state index contributed by atoms with van der Waals surface area (Å²) < 4.78 is 6.72. The van der Waals surface area contributed by atoms with E-state index in [2.05, 4.69) is 37.2 Å². The van der Waals surface area contributed by atoms with Crippen LogP contribution < -0.4 is 11.1 Å². The molecule has 0 unspecified atom stereocenters. The highest BCUT2D eigenvalue weighted by Gasteiger charge is 2.10. The van der Waals surface area contributed by atoms with Gasteiger partial charge in [-0.1, -0.05) is 22.9 Å². The minimum Gasteiger partial charge on any atom is -0.397 e. The fourth-order valence-electron chi connectivity index (χ4n) is 1.21. The van der Waals surface area contributed by atoms with Gasteiger partial charge in [-0.15, -0.1) is 0 Å². The van der Waals surface area contributed by atoms with Gasteiger partial charge in [0.15, 0.2) is 0 Å². The second-order valence-corrected chi connectivity index (χ2v) is 5.22. The van der Waals surface area contributed by atoms with Crippen LogP contribution in [0.15, 0.2) is 21.1 Å². The Morgan fingerprint density at radius 1 is 1.47 bits per heavy atom. The van der Waals surface area contributed by atoms with E-state index in [1.807, 2.05) is 13.0 Å². The van der Waals surface area contributed by atoms with E-state index in [1.165, 1.54) is 0 Å². The second-order valence-electron chi connectivity index (χ2n) is 3.45. The summed E-state index contributed by atoms with van der Waals surface area (Å²) in [7, 11) is 0. The standard InChI is InChI=1S/C11H14Br2N2O2/c1-2-3-17-6-10(16)15-11-8(13)4-7(12)5-9(11)14/h4-5H,2-3,6,14H2,1H3,(H,15,16). The van der Waals surface area contributed by atoms with Gasteiger partial charge < -0.3 is 15.8 Å². The number of nitrogens with two attached hydrogens (primary N) is 1. The van der Waals surface area contributed by atoms with E-state index >= 15 is 0 Å². The summed E-state index contributed by atoms with van der Waals surface area (Å²) in [4.78, 5) is 11.6. The molecule has 0 atom stereocenters. The molecule has 0 aliphatic rings. The lowest BCUT2D eigenvalue weighted by atomic mass is 10.2. The molecule has 0 radical (unpaired) electrons. The van der Waals surface area contributed by atoms with Gasteiger partial charge in [0.05, 0.1) is 11.4 Å². The summed E-state index contributed by atoms with van der Waals surface area (Å²) in [6, 6.07) is 3.55. The van der Waals surface area contributed by atoms with Crippen molar-refractivity contribution < 1.29 is 9.53 Å². The number of amides is 1. The van der Waals surface area contributed by atoms with Crippen LogP contribution in [0.3, 0.4) is 0 Å². The molecule has 6 heteroatoms. The highest BCUT2D eigenvalue weighted by atomic mass is 79.9. The lowest BCUT2D eigenvalue weighted by Crippen LogP contribution is -2.19. The van der Waals surface area contributed by atoms with E-state index in [0.29, 0.717) is 18.0 Å². The van der Waals surface area contributed by atoms with E-state index in [9.17, 15) is 4.79 Å². The van der Waals surface area contributed by atoms with E-state index in [0.717, 1.165) is 15.4 Å². The largest absolute Gasteiger partial charge is 0.397 e. The zero-order valence-corrected chi connectivity index (χ0v) is 12.6. The molecular weight excluding hydrogens is 352 g/mol. The zero-order valence-electron chi connectivity index (χ0n) is 9.43. The monoisotopic (exact) mass is 364 g/mol. The van der Waals surface area contributed by atoms with Crippen LogP contribution >= 0.6 is 31.9 Å². The molecule has 1 amide bonds. The van der Waals surface area contributed by atoms with E-state index in [4.69, 9.17) is 10.5 Å². The van der Waals surface area contributed by atoms with Gasteiger partial charge in [-0.3, -0.25) is 4.79 Å². The highest BCUT2D eigenvalue weighted by Crippen LogP contribution is 2.32. The molecule has 0 aliphatic carbocycles. The third kappa shape index (κ3) is 4.65. The summed E-state index contributed by atoms with van der Waals surface area (Å²) in [6.45, 7) is 2.60. The Kier molecular flexibility index (Phi) is 5.94. The van der Waals surface area contributed by atoms with Crippen molar-refractivity contribution in [3.63, 3.8) is 0 Å². The first kappa shape index (κ1) is 14.5. The van der Waals surface area contributed by atoms with Crippen LogP contribution in [-0.2, 0) is 9.53 Å². The van der Waals surface area contributed by atoms with Crippen molar-refractivity contribution in [2.75, 3.05) is 24.3 Å². The topological polar surface area (TPSA) is 64.3 Å². The molecular formula is C11H14Br2N2O2. The number of hydrogen-bond acceptors (Lipinski definition) is 3. The first-order chi connectivity index (χ1) is 8.04. The Bertz CT molecular complexity index is 387. The number of ether oxygens (including phenoxy) is 1. The number of nitrogens with one attached hydrogen (secondary N) is 1. The molecule has 4 nitrogen and oxygen atoms in total. The van der Waals surface area contributed by atoms with Crippen LogP contribution in [0, 0.1) is 0 Å². The zero-order chi connectivity index (χ0) is 12.8. The van der Waals surface area contributed by atoms with Crippen molar-refractivity contribution >= 4 is 49.1 Å². The fraction of sp³-hybridized carbons (Fsp3) is 0.364. The molecule has 17 heavy (non-hydrogen) atoms. The molecule has 0 spiro atoms. The third-order valence-electron chi connectivity index (χ3n) is 1.93. The first-order valence-corrected chi connectivity index (χ1v) is 6.75. The Labute approximate surface area is 117 Å². The summed E-state index contributed by atoms with van der Waals surface area (Å²) in [5.41, 5.74) is 6.87. The van der Waals surface area contributed by atoms with Crippen molar-refractivity contribution in [3.05, 3.63) is 21.1 Å². The lowest BCUT2D eigenvalue weighted by Gasteiger charge is -2.11. The third-order valence-corrected chi connectivity index (χ3v) is 3.01. The Balaban J connectivity index is 2.65. The smallest absolute Gasteiger partial charge is 0.250 e. The molecule has 0 fully saturated rings. The summed E-state index contributed by atoms with van der Waals surface area (Å²) in [5, 5.41) is 2.71. The molecule has 1 aromatic carbocycles. The number of halogens is 2. The molecule has 0 aromatic heterocycles. The number of carbonyl (C=O) groups is 1. The second kappa shape index (κ2) is 6.98. The average Bonchev–Trinajstić information content (AvgIpc) is 2.24. The van der Waals surface area contributed by atoms with Crippen LogP contribution in [0.1, 0.15) is 13.3 Å². The van der Waals surface area contributed by atoms with Crippen LogP contribution in [0.4, 0.5) is 11.4 Å². The maximum Gasteiger partial charge on any atom is 0.250 e. The molecule has 1 rings (SSSR count). The molecule has 3 N–H and O–H groups in total.